The minimum absolute atomic E-state index is 0.278. The molecular formula is C16H13NO5. The van der Waals surface area contributed by atoms with E-state index in [4.69, 9.17) is 9.84 Å². The Morgan fingerprint density at radius 1 is 0.909 bits per heavy atom. The molecule has 0 aromatic heterocycles. The fourth-order valence-electron chi connectivity index (χ4n) is 1.67. The van der Waals surface area contributed by atoms with Crippen molar-refractivity contribution in [2.75, 3.05) is 6.54 Å². The number of nitrogens with one attached hydrogen (secondary N) is 1. The molecule has 1 amide bonds. The molecule has 2 aromatic rings. The van der Waals surface area contributed by atoms with E-state index in [1.54, 1.807) is 30.3 Å². The Balaban J connectivity index is 1.98. The van der Waals surface area contributed by atoms with Crippen molar-refractivity contribution in [3.05, 3.63) is 65.7 Å². The highest BCUT2D eigenvalue weighted by Crippen LogP contribution is 2.14. The molecule has 0 saturated heterocycles. The molecule has 6 nitrogen and oxygen atoms in total. The van der Waals surface area contributed by atoms with Crippen LogP contribution in [0.4, 0.5) is 0 Å². The molecule has 0 aliphatic heterocycles. The van der Waals surface area contributed by atoms with Crippen molar-refractivity contribution in [2.24, 2.45) is 0 Å². The predicted octanol–water partition coefficient (Wildman–Crippen LogP) is 1.72. The highest BCUT2D eigenvalue weighted by molar-refractivity contribution is 5.96. The number of carbonyl (C=O) groups excluding carboxylic acids is 2. The largest absolute Gasteiger partial charge is 0.480 e. The molecule has 112 valence electrons. The normalized spacial score (nSPS) is 9.82. The maximum atomic E-state index is 11.8. The van der Waals surface area contributed by atoms with Gasteiger partial charge in [-0.2, -0.15) is 0 Å². The number of carboxylic acids is 1. The van der Waals surface area contributed by atoms with Crippen molar-refractivity contribution in [3.8, 4) is 5.75 Å². The van der Waals surface area contributed by atoms with Crippen molar-refractivity contribution >= 4 is 17.8 Å². The number of benzene rings is 2. The summed E-state index contributed by atoms with van der Waals surface area (Å²) in [4.78, 5) is 33.8. The molecule has 0 aliphatic rings. The van der Waals surface area contributed by atoms with Gasteiger partial charge in [0.2, 0.25) is 0 Å². The maximum Gasteiger partial charge on any atom is 0.343 e. The molecule has 0 radical (unpaired) electrons. The van der Waals surface area contributed by atoms with Crippen LogP contribution < -0.4 is 10.1 Å². The molecule has 0 spiro atoms. The highest BCUT2D eigenvalue weighted by atomic mass is 16.5. The molecule has 0 bridgehead atoms. The second kappa shape index (κ2) is 7.03. The SMILES string of the molecule is O=C(O)CNC(=O)c1ccc(OC(=O)c2ccccc2)cc1. The average Bonchev–Trinajstić information content (AvgIpc) is 2.54. The maximum absolute atomic E-state index is 11.8. The second-order valence-electron chi connectivity index (χ2n) is 4.36. The van der Waals surface area contributed by atoms with E-state index in [0.29, 0.717) is 11.3 Å². The predicted molar refractivity (Wildman–Crippen MR) is 77.8 cm³/mol. The van der Waals surface area contributed by atoms with Crippen molar-refractivity contribution in [2.45, 2.75) is 0 Å². The first-order valence-corrected chi connectivity index (χ1v) is 6.43. The summed E-state index contributed by atoms with van der Waals surface area (Å²) in [5, 5.41) is 10.7. The van der Waals surface area contributed by atoms with Crippen LogP contribution in [-0.2, 0) is 4.79 Å². The van der Waals surface area contributed by atoms with Crippen LogP contribution in [0.15, 0.2) is 54.6 Å². The fraction of sp³-hybridized carbons (Fsp3) is 0.0625. The summed E-state index contributed by atoms with van der Waals surface area (Å²) in [6, 6.07) is 14.4. The van der Waals surface area contributed by atoms with Crippen molar-refractivity contribution in [3.63, 3.8) is 0 Å². The Kier molecular flexibility index (Phi) is 4.87. The number of hydrogen-bond acceptors (Lipinski definition) is 4. The van der Waals surface area contributed by atoms with Crippen molar-refractivity contribution < 1.29 is 24.2 Å². The van der Waals surface area contributed by atoms with E-state index < -0.39 is 24.4 Å². The van der Waals surface area contributed by atoms with Gasteiger partial charge in [0.25, 0.3) is 5.91 Å². The van der Waals surface area contributed by atoms with Crippen molar-refractivity contribution in [1.82, 2.24) is 5.32 Å². The topological polar surface area (TPSA) is 92.7 Å². The van der Waals surface area contributed by atoms with Gasteiger partial charge in [-0.05, 0) is 36.4 Å². The minimum Gasteiger partial charge on any atom is -0.480 e. The molecule has 0 saturated carbocycles. The average molecular weight is 299 g/mol. The van der Waals surface area contributed by atoms with Gasteiger partial charge in [-0.3, -0.25) is 9.59 Å². The van der Waals surface area contributed by atoms with Gasteiger partial charge >= 0.3 is 11.9 Å². The Morgan fingerprint density at radius 2 is 1.55 bits per heavy atom. The van der Waals surface area contributed by atoms with Crippen LogP contribution in [0, 0.1) is 0 Å². The lowest BCUT2D eigenvalue weighted by atomic mass is 10.2. The first kappa shape index (κ1) is 15.2. The van der Waals surface area contributed by atoms with Gasteiger partial charge in [0.05, 0.1) is 5.56 Å². The number of rotatable bonds is 5. The molecule has 0 atom stereocenters. The lowest BCUT2D eigenvalue weighted by Crippen LogP contribution is -2.29. The van der Waals surface area contributed by atoms with Gasteiger partial charge in [0.1, 0.15) is 12.3 Å². The highest BCUT2D eigenvalue weighted by Gasteiger charge is 2.10. The Bertz CT molecular complexity index is 679. The summed E-state index contributed by atoms with van der Waals surface area (Å²) >= 11 is 0. The molecule has 0 fully saturated rings. The van der Waals surface area contributed by atoms with Gasteiger partial charge < -0.3 is 15.2 Å². The summed E-state index contributed by atoms with van der Waals surface area (Å²) in [6.07, 6.45) is 0. The minimum atomic E-state index is -1.12. The third-order valence-corrected chi connectivity index (χ3v) is 2.74. The molecule has 2 rings (SSSR count). The van der Waals surface area contributed by atoms with Gasteiger partial charge in [0.15, 0.2) is 0 Å². The van der Waals surface area contributed by atoms with E-state index in [1.165, 1.54) is 24.3 Å². The van der Waals surface area contributed by atoms with Gasteiger partial charge in [-0.25, -0.2) is 4.79 Å². The molecule has 6 heteroatoms. The Labute approximate surface area is 126 Å². The van der Waals surface area contributed by atoms with Crippen LogP contribution in [0.25, 0.3) is 0 Å². The van der Waals surface area contributed by atoms with Crippen LogP contribution in [0.3, 0.4) is 0 Å². The third kappa shape index (κ3) is 4.17. The number of carboxylic acid groups (broad SMARTS) is 1. The van der Waals surface area contributed by atoms with Crippen LogP contribution in [0.2, 0.25) is 0 Å². The molecule has 22 heavy (non-hydrogen) atoms. The van der Waals surface area contributed by atoms with E-state index in [2.05, 4.69) is 5.32 Å². The van der Waals surface area contributed by atoms with Crippen LogP contribution in [-0.4, -0.2) is 29.5 Å². The smallest absolute Gasteiger partial charge is 0.343 e. The number of carbonyl (C=O) groups is 3. The van der Waals surface area contributed by atoms with Gasteiger partial charge in [-0.15, -0.1) is 0 Å². The summed E-state index contributed by atoms with van der Waals surface area (Å²) in [5.74, 6) is -1.84. The zero-order valence-electron chi connectivity index (χ0n) is 11.5. The van der Waals surface area contributed by atoms with E-state index >= 15 is 0 Å². The second-order valence-corrected chi connectivity index (χ2v) is 4.36. The van der Waals surface area contributed by atoms with Crippen molar-refractivity contribution in [1.29, 1.82) is 0 Å². The van der Waals surface area contributed by atoms with Gasteiger partial charge in [-0.1, -0.05) is 18.2 Å². The zero-order valence-corrected chi connectivity index (χ0v) is 11.5. The molecular weight excluding hydrogens is 286 g/mol. The van der Waals surface area contributed by atoms with E-state index in [-0.39, 0.29) is 5.56 Å². The standard InChI is InChI=1S/C16H13NO5/c18-14(19)10-17-15(20)11-6-8-13(9-7-11)22-16(21)12-4-2-1-3-5-12/h1-9H,10H2,(H,17,20)(H,18,19). The molecule has 0 unspecified atom stereocenters. The lowest BCUT2D eigenvalue weighted by Gasteiger charge is -2.06. The molecule has 0 heterocycles. The monoisotopic (exact) mass is 299 g/mol. The summed E-state index contributed by atoms with van der Waals surface area (Å²) < 4.78 is 5.17. The van der Waals surface area contributed by atoms with Crippen LogP contribution in [0.5, 0.6) is 5.75 Å². The fourth-order valence-corrected chi connectivity index (χ4v) is 1.67. The first-order valence-electron chi connectivity index (χ1n) is 6.43. The van der Waals surface area contributed by atoms with Crippen LogP contribution >= 0.6 is 0 Å². The number of amides is 1. The Hall–Kier alpha value is -3.15. The molecule has 2 aromatic carbocycles. The summed E-state index contributed by atoms with van der Waals surface area (Å²) in [6.45, 7) is -0.455. The lowest BCUT2D eigenvalue weighted by molar-refractivity contribution is -0.135. The van der Waals surface area contributed by atoms with Gasteiger partial charge in [0, 0.05) is 5.56 Å². The number of esters is 1. The first-order chi connectivity index (χ1) is 10.6. The molecule has 0 aliphatic carbocycles. The summed E-state index contributed by atoms with van der Waals surface area (Å²) in [5.41, 5.74) is 0.700. The number of hydrogen-bond donors (Lipinski definition) is 2. The summed E-state index contributed by atoms with van der Waals surface area (Å²) in [7, 11) is 0. The quantitative estimate of drug-likeness (QED) is 0.648. The third-order valence-electron chi connectivity index (χ3n) is 2.74. The van der Waals surface area contributed by atoms with Crippen LogP contribution in [0.1, 0.15) is 20.7 Å². The van der Waals surface area contributed by atoms with E-state index in [9.17, 15) is 14.4 Å². The number of ether oxygens (including phenoxy) is 1. The number of aliphatic carboxylic acids is 1. The zero-order chi connectivity index (χ0) is 15.9. The van der Waals surface area contributed by atoms with E-state index in [1.807, 2.05) is 0 Å². The van der Waals surface area contributed by atoms with E-state index in [0.717, 1.165) is 0 Å². The Morgan fingerprint density at radius 3 is 2.14 bits per heavy atom. The molecule has 2 N–H and O–H groups in total.